The molecule has 0 aromatic carbocycles. The van der Waals surface area contributed by atoms with Crippen molar-refractivity contribution >= 4 is 23.5 Å². The Morgan fingerprint density at radius 2 is 1.82 bits per heavy atom. The van der Waals surface area contributed by atoms with Crippen molar-refractivity contribution in [2.75, 3.05) is 6.61 Å². The maximum atomic E-state index is 13.5. The van der Waals surface area contributed by atoms with Gasteiger partial charge in [-0.2, -0.15) is 0 Å². The SMILES string of the molecule is CC[C@H](C(=O)O)[C@@H](CC)C(=O)OCC(=O)[C@]1(O)CC[C@H]2[C@@H]3C[C@H](C)C4=CC(=O)C=C[C@]4(C)[C@H]3[C@@H](O)C[C@@]21C. The minimum absolute atomic E-state index is 0.0210. The molecule has 0 spiro atoms. The number of ether oxygens (including phenoxy) is 1. The number of esters is 1. The molecule has 0 radical (unpaired) electrons. The number of fused-ring (bicyclic) bond motifs is 5. The zero-order valence-corrected chi connectivity index (χ0v) is 23.1. The Morgan fingerprint density at radius 3 is 2.42 bits per heavy atom. The number of aliphatic hydroxyl groups excluding tert-OH is 1. The summed E-state index contributed by atoms with van der Waals surface area (Å²) >= 11 is 0. The van der Waals surface area contributed by atoms with Crippen LogP contribution in [0.2, 0.25) is 0 Å². The molecule has 4 rings (SSSR count). The minimum atomic E-state index is -1.76. The summed E-state index contributed by atoms with van der Waals surface area (Å²) in [4.78, 5) is 49.9. The van der Waals surface area contributed by atoms with Gasteiger partial charge in [-0.15, -0.1) is 0 Å². The third-order valence-corrected chi connectivity index (χ3v) is 10.8. The Balaban J connectivity index is 1.55. The fraction of sp³-hybridized carbons (Fsp3) is 0.733. The van der Waals surface area contributed by atoms with Gasteiger partial charge in [0.05, 0.1) is 17.9 Å². The number of Topliss-reactive ketones (excluding diaryl/α,β-unsaturated/α-hetero) is 1. The first-order chi connectivity index (χ1) is 17.7. The second-order valence-corrected chi connectivity index (χ2v) is 12.5. The monoisotopic (exact) mass is 530 g/mol. The number of hydrogen-bond donors (Lipinski definition) is 3. The highest BCUT2D eigenvalue weighted by Gasteiger charge is 2.68. The summed E-state index contributed by atoms with van der Waals surface area (Å²) in [5.74, 6) is -4.20. The van der Waals surface area contributed by atoms with E-state index in [9.17, 15) is 34.5 Å². The van der Waals surface area contributed by atoms with E-state index in [1.165, 1.54) is 0 Å². The maximum Gasteiger partial charge on any atom is 0.310 e. The van der Waals surface area contributed by atoms with Crippen molar-refractivity contribution in [3.63, 3.8) is 0 Å². The Labute approximate surface area is 224 Å². The molecule has 3 saturated carbocycles. The van der Waals surface area contributed by atoms with Crippen LogP contribution in [-0.4, -0.2) is 57.1 Å². The summed E-state index contributed by atoms with van der Waals surface area (Å²) in [5, 5.41) is 32.9. The molecule has 4 aliphatic rings. The molecule has 0 aromatic heterocycles. The average Bonchev–Trinajstić information content (AvgIpc) is 3.12. The van der Waals surface area contributed by atoms with Crippen LogP contribution in [0.15, 0.2) is 23.8 Å². The van der Waals surface area contributed by atoms with Crippen molar-refractivity contribution in [2.24, 2.45) is 46.3 Å². The van der Waals surface area contributed by atoms with Crippen LogP contribution in [0.4, 0.5) is 0 Å². The normalized spacial score (nSPS) is 41.3. The van der Waals surface area contributed by atoms with Crippen molar-refractivity contribution in [2.45, 2.75) is 84.8 Å². The first kappa shape index (κ1) is 28.7. The number of hydrogen-bond acceptors (Lipinski definition) is 7. The number of carboxylic acids is 1. The number of aliphatic carboxylic acids is 1. The zero-order chi connectivity index (χ0) is 28.2. The Morgan fingerprint density at radius 1 is 1.16 bits per heavy atom. The van der Waals surface area contributed by atoms with E-state index in [-0.39, 0.29) is 55.1 Å². The lowest BCUT2D eigenvalue weighted by atomic mass is 9.45. The van der Waals surface area contributed by atoms with Gasteiger partial charge >= 0.3 is 11.9 Å². The first-order valence-corrected chi connectivity index (χ1v) is 14.0. The molecule has 8 nitrogen and oxygen atoms in total. The van der Waals surface area contributed by atoms with E-state index < -0.39 is 58.7 Å². The molecule has 0 aliphatic heterocycles. The lowest BCUT2D eigenvalue weighted by Crippen LogP contribution is -2.62. The summed E-state index contributed by atoms with van der Waals surface area (Å²) in [5.41, 5.74) is -2.09. The lowest BCUT2D eigenvalue weighted by Gasteiger charge is -2.60. The first-order valence-electron chi connectivity index (χ1n) is 14.0. The maximum absolute atomic E-state index is 13.5. The molecule has 38 heavy (non-hydrogen) atoms. The van der Waals surface area contributed by atoms with Crippen molar-refractivity contribution in [3.8, 4) is 0 Å². The fourth-order valence-electron chi connectivity index (χ4n) is 8.82. The van der Waals surface area contributed by atoms with Crippen molar-refractivity contribution in [3.05, 3.63) is 23.8 Å². The molecule has 0 amide bonds. The molecule has 3 fully saturated rings. The van der Waals surface area contributed by atoms with Gasteiger partial charge in [0, 0.05) is 16.7 Å². The van der Waals surface area contributed by atoms with Crippen LogP contribution < -0.4 is 0 Å². The molecule has 0 heterocycles. The predicted octanol–water partition coefficient (Wildman–Crippen LogP) is 3.49. The number of aliphatic hydroxyl groups is 2. The van der Waals surface area contributed by atoms with E-state index in [0.717, 1.165) is 12.0 Å². The molecule has 0 aromatic rings. The van der Waals surface area contributed by atoms with Gasteiger partial charge < -0.3 is 20.1 Å². The van der Waals surface area contributed by atoms with Crippen LogP contribution in [0.3, 0.4) is 0 Å². The van der Waals surface area contributed by atoms with Gasteiger partial charge in [-0.1, -0.05) is 46.3 Å². The van der Waals surface area contributed by atoms with E-state index in [1.807, 2.05) is 13.0 Å². The molecule has 0 unspecified atom stereocenters. The Hall–Kier alpha value is -2.32. The minimum Gasteiger partial charge on any atom is -0.481 e. The number of ketones is 2. The molecule has 210 valence electrons. The molecular weight excluding hydrogens is 488 g/mol. The number of allylic oxidation sites excluding steroid dienone is 4. The molecule has 8 heteroatoms. The second-order valence-electron chi connectivity index (χ2n) is 12.5. The summed E-state index contributed by atoms with van der Waals surface area (Å²) in [7, 11) is 0. The molecule has 10 atom stereocenters. The number of carbonyl (C=O) groups excluding carboxylic acids is 3. The fourth-order valence-corrected chi connectivity index (χ4v) is 8.82. The highest BCUT2D eigenvalue weighted by Crippen LogP contribution is 2.67. The van der Waals surface area contributed by atoms with Gasteiger partial charge in [0.1, 0.15) is 5.60 Å². The summed E-state index contributed by atoms with van der Waals surface area (Å²) in [6.07, 6.45) is 6.78. The van der Waals surface area contributed by atoms with E-state index in [1.54, 1.807) is 26.0 Å². The second kappa shape index (κ2) is 10.0. The highest BCUT2D eigenvalue weighted by atomic mass is 16.5. The van der Waals surface area contributed by atoms with Crippen molar-refractivity contribution < 1.29 is 39.2 Å². The summed E-state index contributed by atoms with van der Waals surface area (Å²) < 4.78 is 5.32. The van der Waals surface area contributed by atoms with Crippen molar-refractivity contribution in [1.29, 1.82) is 0 Å². The van der Waals surface area contributed by atoms with Crippen LogP contribution in [-0.2, 0) is 23.9 Å². The van der Waals surface area contributed by atoms with Crippen LogP contribution in [0.5, 0.6) is 0 Å². The molecule has 3 N–H and O–H groups in total. The number of carboxylic acid groups (broad SMARTS) is 1. The Bertz CT molecular complexity index is 1080. The largest absolute Gasteiger partial charge is 0.481 e. The topological polar surface area (TPSA) is 138 Å². The quantitative estimate of drug-likeness (QED) is 0.406. The van der Waals surface area contributed by atoms with E-state index >= 15 is 0 Å². The van der Waals surface area contributed by atoms with Gasteiger partial charge in [0.15, 0.2) is 12.4 Å². The number of rotatable bonds is 8. The van der Waals surface area contributed by atoms with E-state index in [0.29, 0.717) is 6.42 Å². The third-order valence-electron chi connectivity index (χ3n) is 10.8. The molecule has 0 bridgehead atoms. The average molecular weight is 531 g/mol. The van der Waals surface area contributed by atoms with Gasteiger partial charge in [0.2, 0.25) is 5.78 Å². The molecule has 4 aliphatic carbocycles. The smallest absolute Gasteiger partial charge is 0.310 e. The van der Waals surface area contributed by atoms with Crippen LogP contribution >= 0.6 is 0 Å². The standard InChI is InChI=1S/C30H42O8/c1-6-18(26(34)35)19(7-2)27(36)38-15-24(33)30(37)11-9-21-20-12-16(3)22-13-17(31)8-10-28(22,4)25(20)23(32)14-29(21,30)5/h8,10,13,16,18-21,23,25,32,37H,6-7,9,11-12,14-15H2,1-5H3,(H,34,35)/t16-,18-,19+,20-,21-,23-,25+,28-,29-,30+/m0/s1. The van der Waals surface area contributed by atoms with Gasteiger partial charge in [0.25, 0.3) is 0 Å². The summed E-state index contributed by atoms with van der Waals surface area (Å²) in [6, 6.07) is 0. The van der Waals surface area contributed by atoms with Crippen LogP contribution in [0.25, 0.3) is 0 Å². The van der Waals surface area contributed by atoms with Crippen LogP contribution in [0, 0.1) is 46.3 Å². The predicted molar refractivity (Wildman–Crippen MR) is 139 cm³/mol. The third kappa shape index (κ3) is 4.19. The Kier molecular flexibility index (Phi) is 7.56. The lowest BCUT2D eigenvalue weighted by molar-refractivity contribution is -0.183. The molecule has 0 saturated heterocycles. The summed E-state index contributed by atoms with van der Waals surface area (Å²) in [6.45, 7) is 8.82. The zero-order valence-electron chi connectivity index (χ0n) is 23.1. The van der Waals surface area contributed by atoms with Crippen LogP contribution in [0.1, 0.15) is 73.1 Å². The van der Waals surface area contributed by atoms with E-state index in [2.05, 4.69) is 13.8 Å². The molecular formula is C30H42O8. The van der Waals surface area contributed by atoms with Gasteiger partial charge in [-0.25, -0.2) is 0 Å². The van der Waals surface area contributed by atoms with E-state index in [4.69, 9.17) is 4.74 Å². The van der Waals surface area contributed by atoms with Gasteiger partial charge in [-0.3, -0.25) is 19.2 Å². The van der Waals surface area contributed by atoms with Gasteiger partial charge in [-0.05, 0) is 68.4 Å². The highest BCUT2D eigenvalue weighted by molar-refractivity contribution is 6.01. The number of carbonyl (C=O) groups is 4. The van der Waals surface area contributed by atoms with Crippen molar-refractivity contribution in [1.82, 2.24) is 0 Å².